The van der Waals surface area contributed by atoms with Crippen LogP contribution < -0.4 is 16.6 Å². The molecule has 1 aliphatic rings. The van der Waals surface area contributed by atoms with Crippen molar-refractivity contribution in [3.8, 4) is 0 Å². The quantitative estimate of drug-likeness (QED) is 0.323. The summed E-state index contributed by atoms with van der Waals surface area (Å²) in [7, 11) is 0. The topological polar surface area (TPSA) is 96.1 Å². The summed E-state index contributed by atoms with van der Waals surface area (Å²) in [5, 5.41) is 12.3. The first-order valence-corrected chi connectivity index (χ1v) is 6.93. The average Bonchev–Trinajstić information content (AvgIpc) is 3.27. The SMILES string of the molecule is CC(CO)CCCNc1cc(NN)nc(C2CC2)n1. The van der Waals surface area contributed by atoms with Gasteiger partial charge in [-0.1, -0.05) is 6.92 Å². The lowest BCUT2D eigenvalue weighted by atomic mass is 10.1. The lowest BCUT2D eigenvalue weighted by Crippen LogP contribution is -2.13. The highest BCUT2D eigenvalue weighted by Gasteiger charge is 2.27. The summed E-state index contributed by atoms with van der Waals surface area (Å²) in [5.41, 5.74) is 2.58. The van der Waals surface area contributed by atoms with Crippen LogP contribution >= 0.6 is 0 Å². The summed E-state index contributed by atoms with van der Waals surface area (Å²) in [6, 6.07) is 1.82. The van der Waals surface area contributed by atoms with Crippen LogP contribution in [0.5, 0.6) is 0 Å². The molecular weight excluding hydrogens is 242 g/mol. The van der Waals surface area contributed by atoms with Gasteiger partial charge in [-0.3, -0.25) is 0 Å². The van der Waals surface area contributed by atoms with E-state index in [0.29, 0.717) is 17.7 Å². The van der Waals surface area contributed by atoms with Crippen molar-refractivity contribution in [3.63, 3.8) is 0 Å². The lowest BCUT2D eigenvalue weighted by molar-refractivity contribution is 0.229. The highest BCUT2D eigenvalue weighted by Crippen LogP contribution is 2.38. The molecule has 1 fully saturated rings. The number of nitrogens with one attached hydrogen (secondary N) is 2. The Kier molecular flexibility index (Phi) is 4.93. The van der Waals surface area contributed by atoms with Crippen LogP contribution in [-0.4, -0.2) is 28.2 Å². The van der Waals surface area contributed by atoms with Crippen LogP contribution in [0.25, 0.3) is 0 Å². The standard InChI is InChI=1S/C13H23N5O/c1-9(8-19)3-2-6-15-11-7-12(18-14)17-13(16-11)10-4-5-10/h7,9-10,19H,2-6,8,14H2,1H3,(H2,15,16,17,18). The van der Waals surface area contributed by atoms with Crippen LogP contribution in [0, 0.1) is 5.92 Å². The summed E-state index contributed by atoms with van der Waals surface area (Å²) < 4.78 is 0. The molecule has 19 heavy (non-hydrogen) atoms. The van der Waals surface area contributed by atoms with Gasteiger partial charge >= 0.3 is 0 Å². The Hall–Kier alpha value is -1.40. The van der Waals surface area contributed by atoms with Crippen LogP contribution in [0.15, 0.2) is 6.07 Å². The third-order valence-corrected chi connectivity index (χ3v) is 3.33. The normalized spacial score (nSPS) is 16.2. The molecule has 1 saturated carbocycles. The van der Waals surface area contributed by atoms with E-state index in [9.17, 15) is 0 Å². The Labute approximate surface area is 113 Å². The van der Waals surface area contributed by atoms with E-state index in [1.807, 2.05) is 13.0 Å². The van der Waals surface area contributed by atoms with Crippen molar-refractivity contribution in [2.75, 3.05) is 23.9 Å². The maximum Gasteiger partial charge on any atom is 0.145 e. The second-order valence-corrected chi connectivity index (χ2v) is 5.27. The maximum absolute atomic E-state index is 8.96. The van der Waals surface area contributed by atoms with Crippen molar-refractivity contribution in [1.82, 2.24) is 9.97 Å². The summed E-state index contributed by atoms with van der Waals surface area (Å²) in [5.74, 6) is 8.64. The Bertz CT molecular complexity index is 408. The molecule has 1 unspecified atom stereocenters. The largest absolute Gasteiger partial charge is 0.396 e. The molecule has 1 aromatic rings. The van der Waals surface area contributed by atoms with Crippen LogP contribution in [-0.2, 0) is 0 Å². The first-order chi connectivity index (χ1) is 9.22. The molecule has 5 N–H and O–H groups in total. The van der Waals surface area contributed by atoms with Crippen molar-refractivity contribution >= 4 is 11.6 Å². The Morgan fingerprint density at radius 2 is 2.16 bits per heavy atom. The maximum atomic E-state index is 8.96. The van der Waals surface area contributed by atoms with E-state index in [2.05, 4.69) is 20.7 Å². The first kappa shape index (κ1) is 14.0. The minimum Gasteiger partial charge on any atom is -0.396 e. The number of rotatable bonds is 8. The fourth-order valence-corrected chi connectivity index (χ4v) is 1.91. The molecule has 6 heteroatoms. The second kappa shape index (κ2) is 6.68. The molecule has 0 spiro atoms. The molecule has 1 atom stereocenters. The number of nitrogens with zero attached hydrogens (tertiary/aromatic N) is 2. The zero-order valence-corrected chi connectivity index (χ0v) is 11.4. The second-order valence-electron chi connectivity index (χ2n) is 5.27. The molecule has 0 aliphatic heterocycles. The van der Waals surface area contributed by atoms with Gasteiger partial charge in [0.2, 0.25) is 0 Å². The smallest absolute Gasteiger partial charge is 0.145 e. The van der Waals surface area contributed by atoms with Gasteiger partial charge in [-0.05, 0) is 31.6 Å². The molecule has 0 amide bonds. The van der Waals surface area contributed by atoms with Gasteiger partial charge in [-0.2, -0.15) is 0 Å². The fourth-order valence-electron chi connectivity index (χ4n) is 1.91. The molecule has 0 bridgehead atoms. The minimum atomic E-state index is 0.251. The Morgan fingerprint density at radius 1 is 1.42 bits per heavy atom. The molecule has 106 valence electrons. The number of hydrogen-bond acceptors (Lipinski definition) is 6. The number of anilines is 2. The zero-order valence-electron chi connectivity index (χ0n) is 11.4. The summed E-state index contributed by atoms with van der Waals surface area (Å²) in [4.78, 5) is 8.88. The van der Waals surface area contributed by atoms with E-state index in [0.717, 1.165) is 31.0 Å². The molecule has 1 aliphatic carbocycles. The monoisotopic (exact) mass is 265 g/mol. The highest BCUT2D eigenvalue weighted by atomic mass is 16.3. The molecular formula is C13H23N5O. The van der Waals surface area contributed by atoms with Crippen molar-refractivity contribution in [1.29, 1.82) is 0 Å². The number of hydrogen-bond donors (Lipinski definition) is 4. The van der Waals surface area contributed by atoms with Gasteiger partial charge in [-0.15, -0.1) is 0 Å². The number of aliphatic hydroxyl groups is 1. The van der Waals surface area contributed by atoms with Crippen molar-refractivity contribution in [2.45, 2.75) is 38.5 Å². The third-order valence-electron chi connectivity index (χ3n) is 3.33. The van der Waals surface area contributed by atoms with E-state index in [-0.39, 0.29) is 6.61 Å². The van der Waals surface area contributed by atoms with Gasteiger partial charge in [0, 0.05) is 25.1 Å². The summed E-state index contributed by atoms with van der Waals surface area (Å²) >= 11 is 0. The van der Waals surface area contributed by atoms with Crippen molar-refractivity contribution in [3.05, 3.63) is 11.9 Å². The summed E-state index contributed by atoms with van der Waals surface area (Å²) in [6.45, 7) is 3.14. The van der Waals surface area contributed by atoms with Crippen LogP contribution in [0.1, 0.15) is 44.3 Å². The van der Waals surface area contributed by atoms with Gasteiger partial charge in [0.05, 0.1) is 0 Å². The van der Waals surface area contributed by atoms with E-state index in [1.165, 1.54) is 12.8 Å². The third kappa shape index (κ3) is 4.33. The van der Waals surface area contributed by atoms with Gasteiger partial charge in [0.25, 0.3) is 0 Å². The number of aromatic nitrogens is 2. The zero-order chi connectivity index (χ0) is 13.7. The molecule has 6 nitrogen and oxygen atoms in total. The molecule has 0 radical (unpaired) electrons. The summed E-state index contributed by atoms with van der Waals surface area (Å²) in [6.07, 6.45) is 4.35. The number of aliphatic hydroxyl groups excluding tert-OH is 1. The predicted molar refractivity (Wildman–Crippen MR) is 75.8 cm³/mol. The first-order valence-electron chi connectivity index (χ1n) is 6.93. The van der Waals surface area contributed by atoms with E-state index in [1.54, 1.807) is 0 Å². The number of hydrazine groups is 1. The highest BCUT2D eigenvalue weighted by molar-refractivity contribution is 5.47. The predicted octanol–water partition coefficient (Wildman–Crippen LogP) is 1.46. The van der Waals surface area contributed by atoms with Crippen molar-refractivity contribution in [2.24, 2.45) is 11.8 Å². The molecule has 2 rings (SSSR count). The molecule has 1 aromatic heterocycles. The number of nitrogens with two attached hydrogens (primary N) is 1. The lowest BCUT2D eigenvalue weighted by Gasteiger charge is -2.11. The average molecular weight is 265 g/mol. The fraction of sp³-hybridized carbons (Fsp3) is 0.692. The van der Waals surface area contributed by atoms with Gasteiger partial charge < -0.3 is 15.8 Å². The van der Waals surface area contributed by atoms with Crippen LogP contribution in [0.2, 0.25) is 0 Å². The Balaban J connectivity index is 1.86. The minimum absolute atomic E-state index is 0.251. The Morgan fingerprint density at radius 3 is 2.79 bits per heavy atom. The van der Waals surface area contributed by atoms with Gasteiger partial charge in [-0.25, -0.2) is 15.8 Å². The molecule has 1 heterocycles. The van der Waals surface area contributed by atoms with E-state index in [4.69, 9.17) is 10.9 Å². The molecule has 0 saturated heterocycles. The van der Waals surface area contributed by atoms with Crippen LogP contribution in [0.3, 0.4) is 0 Å². The van der Waals surface area contributed by atoms with E-state index >= 15 is 0 Å². The van der Waals surface area contributed by atoms with E-state index < -0.39 is 0 Å². The molecule has 0 aromatic carbocycles. The van der Waals surface area contributed by atoms with Gasteiger partial charge in [0.1, 0.15) is 17.5 Å². The van der Waals surface area contributed by atoms with Crippen molar-refractivity contribution < 1.29 is 5.11 Å². The van der Waals surface area contributed by atoms with Crippen LogP contribution in [0.4, 0.5) is 11.6 Å². The number of nitrogen functional groups attached to an aromatic ring is 1. The van der Waals surface area contributed by atoms with Gasteiger partial charge in [0.15, 0.2) is 0 Å².